The van der Waals surface area contributed by atoms with Crippen LogP contribution in [0.15, 0.2) is 63.3 Å². The van der Waals surface area contributed by atoms with E-state index >= 15 is 0 Å². The second-order valence-electron chi connectivity index (χ2n) is 7.70. The Morgan fingerprint density at radius 1 is 1.00 bits per heavy atom. The third-order valence-electron chi connectivity index (χ3n) is 5.62. The Bertz CT molecular complexity index is 923. The molecule has 0 aliphatic carbocycles. The number of carbonyl (C=O) groups is 1. The van der Waals surface area contributed by atoms with E-state index in [2.05, 4.69) is 47.4 Å². The summed E-state index contributed by atoms with van der Waals surface area (Å²) in [5.41, 5.74) is 13.8. The standard InChI is InChI=1S/C23H29N5OS/c24-12-6-5-8-18(25)23(29)28-15-13-27(14-16-28)22-17-7-1-3-10-20(17)30-21-11-4-2-9-19(21)26-22/h1-4,7,9-11,18H,5-6,8,12-16,24-25H2. The summed E-state index contributed by atoms with van der Waals surface area (Å²) in [5.74, 6) is 1.04. The van der Waals surface area contributed by atoms with Crippen LogP contribution in [0.2, 0.25) is 0 Å². The van der Waals surface area contributed by atoms with Crippen molar-refractivity contribution in [2.75, 3.05) is 32.7 Å². The van der Waals surface area contributed by atoms with Crippen molar-refractivity contribution in [3.05, 3.63) is 54.1 Å². The van der Waals surface area contributed by atoms with E-state index < -0.39 is 6.04 Å². The van der Waals surface area contributed by atoms with Crippen LogP contribution in [0.25, 0.3) is 0 Å². The number of unbranched alkanes of at least 4 members (excludes halogenated alkanes) is 1. The van der Waals surface area contributed by atoms with Crippen molar-refractivity contribution in [3.8, 4) is 0 Å². The number of nitrogens with two attached hydrogens (primary N) is 2. The monoisotopic (exact) mass is 423 g/mol. The molecule has 158 valence electrons. The molecule has 0 bridgehead atoms. The molecule has 4 N–H and O–H groups in total. The van der Waals surface area contributed by atoms with Crippen LogP contribution < -0.4 is 11.5 Å². The average molecular weight is 424 g/mol. The van der Waals surface area contributed by atoms with Crippen LogP contribution in [-0.2, 0) is 4.79 Å². The molecule has 2 aliphatic heterocycles. The Balaban J connectivity index is 1.49. The number of aliphatic imine (C=N–C) groups is 1. The fourth-order valence-electron chi connectivity index (χ4n) is 3.92. The van der Waals surface area contributed by atoms with Crippen LogP contribution in [0.5, 0.6) is 0 Å². The zero-order valence-electron chi connectivity index (χ0n) is 17.2. The minimum absolute atomic E-state index is 0.0516. The number of carbonyl (C=O) groups excluding carboxylic acids is 1. The molecule has 2 aromatic carbocycles. The number of benzene rings is 2. The molecule has 2 heterocycles. The lowest BCUT2D eigenvalue weighted by Crippen LogP contribution is -2.54. The second kappa shape index (κ2) is 9.64. The topological polar surface area (TPSA) is 87.9 Å². The van der Waals surface area contributed by atoms with Gasteiger partial charge in [-0.1, -0.05) is 48.5 Å². The van der Waals surface area contributed by atoms with Gasteiger partial charge >= 0.3 is 0 Å². The van der Waals surface area contributed by atoms with E-state index in [1.807, 2.05) is 11.0 Å². The van der Waals surface area contributed by atoms with Crippen LogP contribution in [0.4, 0.5) is 5.69 Å². The fraction of sp³-hybridized carbons (Fsp3) is 0.391. The van der Waals surface area contributed by atoms with Crippen molar-refractivity contribution in [3.63, 3.8) is 0 Å². The zero-order chi connectivity index (χ0) is 20.9. The highest BCUT2D eigenvalue weighted by Crippen LogP contribution is 2.40. The molecule has 0 radical (unpaired) electrons. The molecule has 2 aromatic rings. The molecule has 1 saturated heterocycles. The number of piperazine rings is 1. The number of hydrogen-bond acceptors (Lipinski definition) is 6. The summed E-state index contributed by atoms with van der Waals surface area (Å²) < 4.78 is 0. The predicted octanol–water partition coefficient (Wildman–Crippen LogP) is 2.83. The first-order valence-electron chi connectivity index (χ1n) is 10.6. The van der Waals surface area contributed by atoms with Crippen molar-refractivity contribution in [1.82, 2.24) is 9.80 Å². The Kier molecular flexibility index (Phi) is 6.72. The lowest BCUT2D eigenvalue weighted by Gasteiger charge is -2.37. The molecule has 1 fully saturated rings. The van der Waals surface area contributed by atoms with E-state index in [0.29, 0.717) is 26.1 Å². The number of rotatable bonds is 5. The summed E-state index contributed by atoms with van der Waals surface area (Å²) in [6, 6.07) is 16.2. The number of fused-ring (bicyclic) bond motifs is 2. The largest absolute Gasteiger partial charge is 0.353 e. The normalized spacial score (nSPS) is 16.9. The Morgan fingerprint density at radius 2 is 1.70 bits per heavy atom. The highest BCUT2D eigenvalue weighted by molar-refractivity contribution is 7.99. The molecule has 0 saturated carbocycles. The molecule has 7 heteroatoms. The molecule has 6 nitrogen and oxygen atoms in total. The van der Waals surface area contributed by atoms with Crippen LogP contribution >= 0.6 is 11.8 Å². The lowest BCUT2D eigenvalue weighted by molar-refractivity contribution is -0.134. The highest BCUT2D eigenvalue weighted by atomic mass is 32.2. The SMILES string of the molecule is NCCCCC(N)C(=O)N1CCN(C2=Nc3ccccc3Sc3ccccc32)CC1. The fourth-order valence-corrected chi connectivity index (χ4v) is 4.93. The number of amides is 1. The predicted molar refractivity (Wildman–Crippen MR) is 122 cm³/mol. The van der Waals surface area contributed by atoms with Gasteiger partial charge in [-0.3, -0.25) is 4.79 Å². The average Bonchev–Trinajstić information content (AvgIpc) is 2.95. The summed E-state index contributed by atoms with van der Waals surface area (Å²) in [6.45, 7) is 3.48. The summed E-state index contributed by atoms with van der Waals surface area (Å²) in [5, 5.41) is 0. The molecule has 1 amide bonds. The molecule has 2 aliphatic rings. The zero-order valence-corrected chi connectivity index (χ0v) is 18.0. The smallest absolute Gasteiger partial charge is 0.239 e. The van der Waals surface area contributed by atoms with Crippen molar-refractivity contribution < 1.29 is 4.79 Å². The maximum absolute atomic E-state index is 12.7. The van der Waals surface area contributed by atoms with Gasteiger partial charge in [-0.25, -0.2) is 4.99 Å². The molecule has 4 rings (SSSR count). The van der Waals surface area contributed by atoms with Crippen LogP contribution in [-0.4, -0.2) is 60.3 Å². The number of nitrogens with zero attached hydrogens (tertiary/aromatic N) is 3. The quantitative estimate of drug-likeness (QED) is 0.722. The third kappa shape index (κ3) is 4.53. The van der Waals surface area contributed by atoms with E-state index in [0.717, 1.165) is 47.9 Å². The van der Waals surface area contributed by atoms with Gasteiger partial charge in [0.25, 0.3) is 0 Å². The highest BCUT2D eigenvalue weighted by Gasteiger charge is 2.28. The Labute approximate surface area is 182 Å². The summed E-state index contributed by atoms with van der Waals surface area (Å²) >= 11 is 1.76. The number of hydrogen-bond donors (Lipinski definition) is 2. The van der Waals surface area contributed by atoms with Gasteiger partial charge in [0.1, 0.15) is 5.84 Å². The maximum atomic E-state index is 12.7. The van der Waals surface area contributed by atoms with Gasteiger partial charge in [0.15, 0.2) is 0 Å². The van der Waals surface area contributed by atoms with Crippen molar-refractivity contribution in [1.29, 1.82) is 0 Å². The molecule has 0 aromatic heterocycles. The van der Waals surface area contributed by atoms with Gasteiger partial charge in [-0.15, -0.1) is 0 Å². The number of para-hydroxylation sites is 1. The Hall–Kier alpha value is -2.35. The molecule has 1 unspecified atom stereocenters. The van der Waals surface area contributed by atoms with Crippen LogP contribution in [0.1, 0.15) is 24.8 Å². The minimum Gasteiger partial charge on any atom is -0.353 e. The first-order valence-corrected chi connectivity index (χ1v) is 11.4. The van der Waals surface area contributed by atoms with Gasteiger partial charge in [0.2, 0.25) is 5.91 Å². The van der Waals surface area contributed by atoms with Crippen LogP contribution in [0.3, 0.4) is 0 Å². The molecule has 30 heavy (non-hydrogen) atoms. The van der Waals surface area contributed by atoms with Crippen molar-refractivity contribution in [2.45, 2.75) is 35.1 Å². The summed E-state index contributed by atoms with van der Waals surface area (Å²) in [4.78, 5) is 24.3. The molecular formula is C23H29N5OS. The van der Waals surface area contributed by atoms with Gasteiger partial charge in [-0.05, 0) is 37.6 Å². The van der Waals surface area contributed by atoms with E-state index in [1.165, 1.54) is 4.90 Å². The molecule has 0 spiro atoms. The summed E-state index contributed by atoms with van der Waals surface area (Å²) in [6.07, 6.45) is 2.51. The van der Waals surface area contributed by atoms with Gasteiger partial charge in [-0.2, -0.15) is 0 Å². The van der Waals surface area contributed by atoms with E-state index in [9.17, 15) is 4.79 Å². The van der Waals surface area contributed by atoms with Crippen LogP contribution in [0, 0.1) is 0 Å². The van der Waals surface area contributed by atoms with Gasteiger partial charge in [0, 0.05) is 41.5 Å². The maximum Gasteiger partial charge on any atom is 0.239 e. The first kappa shape index (κ1) is 20.9. The van der Waals surface area contributed by atoms with E-state index in [-0.39, 0.29) is 5.91 Å². The van der Waals surface area contributed by atoms with Gasteiger partial charge < -0.3 is 21.3 Å². The molecular weight excluding hydrogens is 394 g/mol. The Morgan fingerprint density at radius 3 is 2.47 bits per heavy atom. The second-order valence-corrected chi connectivity index (χ2v) is 8.79. The number of amidine groups is 1. The van der Waals surface area contributed by atoms with Gasteiger partial charge in [0.05, 0.1) is 11.7 Å². The molecule has 1 atom stereocenters. The van der Waals surface area contributed by atoms with Crippen molar-refractivity contribution >= 4 is 29.2 Å². The lowest BCUT2D eigenvalue weighted by atomic mass is 10.1. The minimum atomic E-state index is -0.428. The first-order chi connectivity index (χ1) is 14.7. The van der Waals surface area contributed by atoms with E-state index in [4.69, 9.17) is 16.5 Å². The van der Waals surface area contributed by atoms with Crippen molar-refractivity contribution in [2.24, 2.45) is 16.5 Å². The van der Waals surface area contributed by atoms with E-state index in [1.54, 1.807) is 11.8 Å². The third-order valence-corrected chi connectivity index (χ3v) is 6.76. The summed E-state index contributed by atoms with van der Waals surface area (Å²) in [7, 11) is 0.